The Morgan fingerprint density at radius 1 is 1.26 bits per heavy atom. The second-order valence-corrected chi connectivity index (χ2v) is 6.39. The Morgan fingerprint density at radius 2 is 2.00 bits per heavy atom. The van der Waals surface area contributed by atoms with E-state index in [2.05, 4.69) is 60.7 Å². The number of unbranched alkanes of at least 4 members (excludes halogenated alkanes) is 1. The lowest BCUT2D eigenvalue weighted by Gasteiger charge is -2.22. The molecule has 1 aromatic carbocycles. The fraction of sp³-hybridized carbons (Fsp3) is 0.500. The largest absolute Gasteiger partial charge is 0.496 e. The first-order chi connectivity index (χ1) is 8.98. The summed E-state index contributed by atoms with van der Waals surface area (Å²) in [6.45, 7) is 4.25. The molecule has 0 fully saturated rings. The molecular weight excluding hydrogens is 351 g/mol. The van der Waals surface area contributed by atoms with Gasteiger partial charge >= 0.3 is 0 Å². The van der Waals surface area contributed by atoms with E-state index in [9.17, 15) is 0 Å². The van der Waals surface area contributed by atoms with E-state index in [1.807, 2.05) is 6.07 Å². The summed E-state index contributed by atoms with van der Waals surface area (Å²) in [5.74, 6) is 0.925. The summed E-state index contributed by atoms with van der Waals surface area (Å²) in [6.07, 6.45) is 7.60. The molecule has 106 valence electrons. The van der Waals surface area contributed by atoms with Crippen LogP contribution in [0.2, 0.25) is 0 Å². The second-order valence-electron chi connectivity index (χ2n) is 5.14. The molecule has 0 bridgehead atoms. The highest BCUT2D eigenvalue weighted by atomic mass is 127. The molecule has 1 aromatic rings. The molecule has 0 heterocycles. The first-order valence-corrected chi connectivity index (χ1v) is 7.61. The Balaban J connectivity index is 2.51. The van der Waals surface area contributed by atoms with Gasteiger partial charge < -0.3 is 9.47 Å². The van der Waals surface area contributed by atoms with Gasteiger partial charge in [0.15, 0.2) is 0 Å². The van der Waals surface area contributed by atoms with Crippen LogP contribution in [0.5, 0.6) is 5.75 Å². The number of rotatable bonds is 7. The Morgan fingerprint density at radius 3 is 2.63 bits per heavy atom. The zero-order valence-electron chi connectivity index (χ0n) is 12.2. The quantitative estimate of drug-likeness (QED) is 0.499. The van der Waals surface area contributed by atoms with Crippen LogP contribution in [0.25, 0.3) is 6.08 Å². The van der Waals surface area contributed by atoms with Crippen molar-refractivity contribution in [2.24, 2.45) is 0 Å². The first kappa shape index (κ1) is 16.5. The molecule has 0 unspecified atom stereocenters. The average molecular weight is 374 g/mol. The maximum atomic E-state index is 5.41. The molecule has 0 aliphatic heterocycles. The zero-order chi connectivity index (χ0) is 14.3. The van der Waals surface area contributed by atoms with Gasteiger partial charge in [-0.2, -0.15) is 0 Å². The molecule has 0 radical (unpaired) electrons. The van der Waals surface area contributed by atoms with Gasteiger partial charge in [0.1, 0.15) is 5.75 Å². The van der Waals surface area contributed by atoms with Crippen molar-refractivity contribution in [2.75, 3.05) is 14.2 Å². The third-order valence-corrected chi connectivity index (χ3v) is 3.86. The number of halogens is 1. The highest BCUT2D eigenvalue weighted by Gasteiger charge is 2.14. The molecule has 19 heavy (non-hydrogen) atoms. The Labute approximate surface area is 130 Å². The summed E-state index contributed by atoms with van der Waals surface area (Å²) in [4.78, 5) is 0. The van der Waals surface area contributed by atoms with Crippen LogP contribution in [-0.4, -0.2) is 19.8 Å². The number of allylic oxidation sites excluding steroid dienone is 1. The normalized spacial score (nSPS) is 12.1. The van der Waals surface area contributed by atoms with Gasteiger partial charge in [-0.05, 0) is 73.9 Å². The summed E-state index contributed by atoms with van der Waals surface area (Å²) < 4.78 is 12.0. The number of benzene rings is 1. The van der Waals surface area contributed by atoms with Crippen molar-refractivity contribution in [1.82, 2.24) is 0 Å². The Hall–Kier alpha value is -0.550. The lowest BCUT2D eigenvalue weighted by molar-refractivity contribution is 0.0141. The number of hydrogen-bond donors (Lipinski definition) is 0. The van der Waals surface area contributed by atoms with Crippen LogP contribution in [0, 0.1) is 3.57 Å². The SMILES string of the molecule is COc1ccc(I)cc1/C=C/CCCC(C)(C)OC. The maximum absolute atomic E-state index is 5.41. The van der Waals surface area contributed by atoms with Crippen LogP contribution in [-0.2, 0) is 4.74 Å². The number of ether oxygens (including phenoxy) is 2. The van der Waals surface area contributed by atoms with E-state index in [1.54, 1.807) is 14.2 Å². The Kier molecular flexibility index (Phi) is 6.86. The van der Waals surface area contributed by atoms with E-state index in [0.717, 1.165) is 30.6 Å². The van der Waals surface area contributed by atoms with Gasteiger partial charge in [-0.25, -0.2) is 0 Å². The summed E-state index contributed by atoms with van der Waals surface area (Å²) in [5, 5.41) is 0. The number of hydrogen-bond acceptors (Lipinski definition) is 2. The monoisotopic (exact) mass is 374 g/mol. The van der Waals surface area contributed by atoms with Gasteiger partial charge in [0.2, 0.25) is 0 Å². The molecule has 3 heteroatoms. The molecule has 0 atom stereocenters. The zero-order valence-corrected chi connectivity index (χ0v) is 14.4. The lowest BCUT2D eigenvalue weighted by Crippen LogP contribution is -2.21. The van der Waals surface area contributed by atoms with E-state index >= 15 is 0 Å². The van der Waals surface area contributed by atoms with Crippen molar-refractivity contribution in [3.8, 4) is 5.75 Å². The van der Waals surface area contributed by atoms with Crippen LogP contribution < -0.4 is 4.74 Å². The summed E-state index contributed by atoms with van der Waals surface area (Å²) in [6, 6.07) is 6.20. The van der Waals surface area contributed by atoms with Gasteiger partial charge in [-0.15, -0.1) is 0 Å². The fourth-order valence-corrected chi connectivity index (χ4v) is 2.31. The smallest absolute Gasteiger partial charge is 0.126 e. The minimum absolute atomic E-state index is 0.0202. The van der Waals surface area contributed by atoms with Gasteiger partial charge in [0.05, 0.1) is 12.7 Å². The third kappa shape index (κ3) is 5.95. The molecule has 0 saturated heterocycles. The second kappa shape index (κ2) is 7.90. The first-order valence-electron chi connectivity index (χ1n) is 6.54. The van der Waals surface area contributed by atoms with Crippen molar-refractivity contribution in [1.29, 1.82) is 0 Å². The van der Waals surface area contributed by atoms with E-state index in [4.69, 9.17) is 9.47 Å². The van der Waals surface area contributed by atoms with Crippen LogP contribution in [0.1, 0.15) is 38.7 Å². The van der Waals surface area contributed by atoms with Crippen LogP contribution in [0.4, 0.5) is 0 Å². The van der Waals surface area contributed by atoms with Crippen molar-refractivity contribution in [3.63, 3.8) is 0 Å². The average Bonchev–Trinajstić information content (AvgIpc) is 2.38. The topological polar surface area (TPSA) is 18.5 Å². The minimum Gasteiger partial charge on any atom is -0.496 e. The molecule has 2 nitrogen and oxygen atoms in total. The fourth-order valence-electron chi connectivity index (χ4n) is 1.79. The molecule has 0 spiro atoms. The van der Waals surface area contributed by atoms with Crippen molar-refractivity contribution >= 4 is 28.7 Å². The highest BCUT2D eigenvalue weighted by Crippen LogP contribution is 2.23. The molecule has 0 amide bonds. The van der Waals surface area contributed by atoms with E-state index in [-0.39, 0.29) is 5.60 Å². The maximum Gasteiger partial charge on any atom is 0.126 e. The van der Waals surface area contributed by atoms with Crippen LogP contribution in [0.15, 0.2) is 24.3 Å². The molecule has 0 saturated carbocycles. The van der Waals surface area contributed by atoms with Gasteiger partial charge in [0.25, 0.3) is 0 Å². The molecular formula is C16H23IO2. The lowest BCUT2D eigenvalue weighted by atomic mass is 10.0. The molecule has 0 aromatic heterocycles. The van der Waals surface area contributed by atoms with Crippen LogP contribution >= 0.6 is 22.6 Å². The molecule has 1 rings (SSSR count). The summed E-state index contributed by atoms with van der Waals surface area (Å²) >= 11 is 2.32. The predicted octanol–water partition coefficient (Wildman–Crippen LogP) is 4.91. The standard InChI is InChI=1S/C16H23IO2/c1-16(2,19-4)11-7-5-6-8-13-12-14(17)9-10-15(13)18-3/h6,8-10,12H,5,7,11H2,1-4H3/b8-6+. The van der Waals surface area contributed by atoms with Crippen molar-refractivity contribution < 1.29 is 9.47 Å². The van der Waals surface area contributed by atoms with Crippen LogP contribution in [0.3, 0.4) is 0 Å². The highest BCUT2D eigenvalue weighted by molar-refractivity contribution is 14.1. The molecule has 0 N–H and O–H groups in total. The van der Waals surface area contributed by atoms with E-state index in [0.29, 0.717) is 0 Å². The molecule has 0 aliphatic carbocycles. The van der Waals surface area contributed by atoms with Gasteiger partial charge in [0, 0.05) is 16.2 Å². The predicted molar refractivity (Wildman–Crippen MR) is 89.7 cm³/mol. The van der Waals surface area contributed by atoms with Crippen molar-refractivity contribution in [2.45, 2.75) is 38.7 Å². The van der Waals surface area contributed by atoms with E-state index < -0.39 is 0 Å². The van der Waals surface area contributed by atoms with E-state index in [1.165, 1.54) is 3.57 Å². The van der Waals surface area contributed by atoms with Gasteiger partial charge in [-0.3, -0.25) is 0 Å². The number of methoxy groups -OCH3 is 2. The minimum atomic E-state index is -0.0202. The summed E-state index contributed by atoms with van der Waals surface area (Å²) in [7, 11) is 3.48. The summed E-state index contributed by atoms with van der Waals surface area (Å²) in [5.41, 5.74) is 1.12. The van der Waals surface area contributed by atoms with Crippen molar-refractivity contribution in [3.05, 3.63) is 33.4 Å². The molecule has 0 aliphatic rings. The Bertz CT molecular complexity index is 425. The van der Waals surface area contributed by atoms with Gasteiger partial charge in [-0.1, -0.05) is 12.2 Å². The third-order valence-electron chi connectivity index (χ3n) is 3.19.